The second-order valence-electron chi connectivity index (χ2n) is 5.67. The fourth-order valence-corrected chi connectivity index (χ4v) is 2.76. The highest BCUT2D eigenvalue weighted by atomic mass is 19.1. The molecule has 0 aliphatic rings. The van der Waals surface area contributed by atoms with E-state index in [-0.39, 0.29) is 30.1 Å². The number of carbonyl (C=O) groups excluding carboxylic acids is 1. The van der Waals surface area contributed by atoms with E-state index in [1.807, 2.05) is 30.3 Å². The molecule has 0 bridgehead atoms. The van der Waals surface area contributed by atoms with E-state index in [9.17, 15) is 19.1 Å². The number of halogens is 1. The smallest absolute Gasteiger partial charge is 0.255 e. The number of pyridine rings is 1. The normalized spacial score (nSPS) is 10.8. The Bertz CT molecular complexity index is 954. The lowest BCUT2D eigenvalue weighted by Crippen LogP contribution is -2.34. The largest absolute Gasteiger partial charge is 0.395 e. The zero-order valence-electron chi connectivity index (χ0n) is 13.4. The van der Waals surface area contributed by atoms with Crippen LogP contribution in [0.3, 0.4) is 0 Å². The molecule has 3 rings (SSSR count). The topological polar surface area (TPSA) is 73.4 Å². The molecule has 1 heterocycles. The van der Waals surface area contributed by atoms with Gasteiger partial charge in [-0.25, -0.2) is 4.39 Å². The minimum absolute atomic E-state index is 0.128. The summed E-state index contributed by atoms with van der Waals surface area (Å²) in [7, 11) is 0. The summed E-state index contributed by atoms with van der Waals surface area (Å²) >= 11 is 0. The van der Waals surface area contributed by atoms with Gasteiger partial charge in [0.15, 0.2) is 0 Å². The van der Waals surface area contributed by atoms with Crippen LogP contribution < -0.4 is 5.56 Å². The van der Waals surface area contributed by atoms with Gasteiger partial charge in [0.05, 0.1) is 17.7 Å². The number of fused-ring (bicyclic) bond motifs is 1. The summed E-state index contributed by atoms with van der Waals surface area (Å²) in [4.78, 5) is 28.8. The Morgan fingerprint density at radius 1 is 1.12 bits per heavy atom. The van der Waals surface area contributed by atoms with E-state index in [0.717, 1.165) is 5.56 Å². The molecule has 1 amide bonds. The minimum atomic E-state index is -0.496. The molecule has 2 N–H and O–H groups in total. The third-order valence-electron chi connectivity index (χ3n) is 3.91. The first-order valence-corrected chi connectivity index (χ1v) is 7.85. The van der Waals surface area contributed by atoms with Gasteiger partial charge in [-0.3, -0.25) is 9.59 Å². The van der Waals surface area contributed by atoms with Crippen LogP contribution >= 0.6 is 0 Å². The molecular formula is C19H17FN2O3. The molecule has 3 aromatic rings. The number of benzene rings is 2. The summed E-state index contributed by atoms with van der Waals surface area (Å²) in [5, 5.41) is 9.76. The second kappa shape index (κ2) is 7.27. The number of amides is 1. The number of aromatic nitrogens is 1. The van der Waals surface area contributed by atoms with Gasteiger partial charge < -0.3 is 15.0 Å². The van der Waals surface area contributed by atoms with Crippen LogP contribution in [0.1, 0.15) is 15.9 Å². The summed E-state index contributed by atoms with van der Waals surface area (Å²) in [5.41, 5.74) is 0.872. The van der Waals surface area contributed by atoms with E-state index >= 15 is 0 Å². The molecule has 6 heteroatoms. The van der Waals surface area contributed by atoms with E-state index in [1.54, 1.807) is 0 Å². The molecule has 25 heavy (non-hydrogen) atoms. The van der Waals surface area contributed by atoms with Gasteiger partial charge in [0.1, 0.15) is 5.82 Å². The monoisotopic (exact) mass is 340 g/mol. The molecule has 0 saturated carbocycles. The number of carbonyl (C=O) groups is 1. The van der Waals surface area contributed by atoms with E-state index in [4.69, 9.17) is 0 Å². The molecular weight excluding hydrogens is 323 g/mol. The fourth-order valence-electron chi connectivity index (χ4n) is 2.76. The van der Waals surface area contributed by atoms with Crippen LogP contribution in [-0.4, -0.2) is 34.0 Å². The molecule has 5 nitrogen and oxygen atoms in total. The molecule has 2 aromatic carbocycles. The number of rotatable bonds is 5. The van der Waals surface area contributed by atoms with Gasteiger partial charge in [0, 0.05) is 24.5 Å². The van der Waals surface area contributed by atoms with Gasteiger partial charge in [0.2, 0.25) is 5.56 Å². The van der Waals surface area contributed by atoms with Crippen molar-refractivity contribution in [1.82, 2.24) is 9.88 Å². The third kappa shape index (κ3) is 3.75. The SMILES string of the molecule is O=C(c1cc(=O)[nH]c2cc(F)ccc12)N(CCO)Cc1ccccc1. The summed E-state index contributed by atoms with van der Waals surface area (Å²) < 4.78 is 13.4. The van der Waals surface area contributed by atoms with Crippen LogP contribution in [0.5, 0.6) is 0 Å². The van der Waals surface area contributed by atoms with E-state index in [2.05, 4.69) is 4.98 Å². The van der Waals surface area contributed by atoms with Crippen molar-refractivity contribution in [2.45, 2.75) is 6.54 Å². The maximum Gasteiger partial charge on any atom is 0.255 e. The van der Waals surface area contributed by atoms with Crippen LogP contribution in [0.25, 0.3) is 10.9 Å². The molecule has 0 spiro atoms. The van der Waals surface area contributed by atoms with Crippen molar-refractivity contribution >= 4 is 16.8 Å². The predicted molar refractivity (Wildman–Crippen MR) is 92.8 cm³/mol. The quantitative estimate of drug-likeness (QED) is 0.748. The minimum Gasteiger partial charge on any atom is -0.395 e. The van der Waals surface area contributed by atoms with Crippen molar-refractivity contribution < 1.29 is 14.3 Å². The number of hydrogen-bond acceptors (Lipinski definition) is 3. The number of aliphatic hydroxyl groups is 1. The Morgan fingerprint density at radius 2 is 1.88 bits per heavy atom. The van der Waals surface area contributed by atoms with Gasteiger partial charge >= 0.3 is 0 Å². The van der Waals surface area contributed by atoms with E-state index in [0.29, 0.717) is 11.9 Å². The lowest BCUT2D eigenvalue weighted by Gasteiger charge is -2.22. The number of hydrogen-bond donors (Lipinski definition) is 2. The van der Waals surface area contributed by atoms with Gasteiger partial charge in [-0.05, 0) is 23.8 Å². The van der Waals surface area contributed by atoms with Crippen molar-refractivity contribution in [3.63, 3.8) is 0 Å². The van der Waals surface area contributed by atoms with Crippen molar-refractivity contribution in [3.05, 3.63) is 81.9 Å². The number of aliphatic hydroxyl groups excluding tert-OH is 1. The van der Waals surface area contributed by atoms with E-state index < -0.39 is 11.4 Å². The second-order valence-corrected chi connectivity index (χ2v) is 5.67. The molecule has 0 atom stereocenters. The lowest BCUT2D eigenvalue weighted by atomic mass is 10.1. The molecule has 0 aliphatic carbocycles. The first-order chi connectivity index (χ1) is 12.1. The van der Waals surface area contributed by atoms with Crippen molar-refractivity contribution in [2.75, 3.05) is 13.2 Å². The Balaban J connectivity index is 2.02. The number of H-pyrrole nitrogens is 1. The molecule has 128 valence electrons. The molecule has 0 radical (unpaired) electrons. The Hall–Kier alpha value is -2.99. The van der Waals surface area contributed by atoms with Crippen LogP contribution in [0.2, 0.25) is 0 Å². The average molecular weight is 340 g/mol. The highest BCUT2D eigenvalue weighted by molar-refractivity contribution is 6.05. The standard InChI is InChI=1S/C19H17FN2O3/c20-14-6-7-15-16(11-18(24)21-17(15)10-14)19(25)22(8-9-23)12-13-4-2-1-3-5-13/h1-7,10-11,23H,8-9,12H2,(H,21,24). The van der Waals surface area contributed by atoms with Crippen LogP contribution in [0, 0.1) is 5.82 Å². The van der Waals surface area contributed by atoms with Crippen molar-refractivity contribution in [3.8, 4) is 0 Å². The number of nitrogens with one attached hydrogen (secondary N) is 1. The maximum atomic E-state index is 13.4. The van der Waals surface area contributed by atoms with Gasteiger partial charge in [-0.2, -0.15) is 0 Å². The van der Waals surface area contributed by atoms with Gasteiger partial charge in [-0.15, -0.1) is 0 Å². The summed E-state index contributed by atoms with van der Waals surface area (Å²) in [6, 6.07) is 14.5. The predicted octanol–water partition coefficient (Wildman–Crippen LogP) is 2.30. The lowest BCUT2D eigenvalue weighted by molar-refractivity contribution is 0.0709. The Kier molecular flexibility index (Phi) is 4.90. The third-order valence-corrected chi connectivity index (χ3v) is 3.91. The Labute approximate surface area is 143 Å². The first-order valence-electron chi connectivity index (χ1n) is 7.85. The fraction of sp³-hybridized carbons (Fsp3) is 0.158. The molecule has 0 unspecified atom stereocenters. The van der Waals surface area contributed by atoms with Crippen molar-refractivity contribution in [2.24, 2.45) is 0 Å². The van der Waals surface area contributed by atoms with Crippen LogP contribution in [0.15, 0.2) is 59.4 Å². The zero-order valence-corrected chi connectivity index (χ0v) is 13.4. The maximum absolute atomic E-state index is 13.4. The van der Waals surface area contributed by atoms with Crippen molar-refractivity contribution in [1.29, 1.82) is 0 Å². The molecule has 0 saturated heterocycles. The Morgan fingerprint density at radius 3 is 2.60 bits per heavy atom. The highest BCUT2D eigenvalue weighted by Gasteiger charge is 2.19. The zero-order chi connectivity index (χ0) is 17.8. The van der Waals surface area contributed by atoms with Crippen LogP contribution in [-0.2, 0) is 6.54 Å². The average Bonchev–Trinajstić information content (AvgIpc) is 2.60. The molecule has 0 aliphatic heterocycles. The highest BCUT2D eigenvalue weighted by Crippen LogP contribution is 2.19. The summed E-state index contributed by atoms with van der Waals surface area (Å²) in [6.07, 6.45) is 0. The first kappa shape index (κ1) is 16.9. The number of nitrogens with zero attached hydrogens (tertiary/aromatic N) is 1. The van der Waals surface area contributed by atoms with Gasteiger partial charge in [0.25, 0.3) is 5.91 Å². The summed E-state index contributed by atoms with van der Waals surface area (Å²) in [6.45, 7) is 0.229. The summed E-state index contributed by atoms with van der Waals surface area (Å²) in [5.74, 6) is -0.884. The molecule has 1 aromatic heterocycles. The van der Waals surface area contributed by atoms with E-state index in [1.165, 1.54) is 29.2 Å². The van der Waals surface area contributed by atoms with Gasteiger partial charge in [-0.1, -0.05) is 30.3 Å². The molecule has 0 fully saturated rings. The van der Waals surface area contributed by atoms with Crippen LogP contribution in [0.4, 0.5) is 4.39 Å². The number of aromatic amines is 1.